The Bertz CT molecular complexity index is 807. The van der Waals surface area contributed by atoms with E-state index in [0.717, 1.165) is 24.4 Å². The van der Waals surface area contributed by atoms with Crippen LogP contribution in [-0.4, -0.2) is 28.3 Å². The maximum absolute atomic E-state index is 12.4. The summed E-state index contributed by atoms with van der Waals surface area (Å²) < 4.78 is 42.1. The Morgan fingerprint density at radius 2 is 2.12 bits per heavy atom. The molecule has 0 fully saturated rings. The van der Waals surface area contributed by atoms with Gasteiger partial charge in [0.15, 0.2) is 5.75 Å². The number of aromatic hydroxyl groups is 1. The molecule has 2 N–H and O–H groups in total. The fraction of sp³-hybridized carbons (Fsp3) is 0.143. The van der Waals surface area contributed by atoms with Crippen LogP contribution in [0.4, 0.5) is 24.7 Å². The Morgan fingerprint density at radius 3 is 2.64 bits per heavy atom. The van der Waals surface area contributed by atoms with Gasteiger partial charge in [-0.2, -0.15) is 18.3 Å². The van der Waals surface area contributed by atoms with E-state index in [1.54, 1.807) is 0 Å². The SMILES string of the molecule is COc1cc(/C=N/Nc2ccc(C(F)(F)F)cn2)cc([N+](=O)[O-])c1O. The van der Waals surface area contributed by atoms with Crippen molar-refractivity contribution in [3.05, 3.63) is 51.7 Å². The summed E-state index contributed by atoms with van der Waals surface area (Å²) in [5.74, 6) is -0.699. The molecule has 1 aromatic heterocycles. The predicted molar refractivity (Wildman–Crippen MR) is 81.8 cm³/mol. The molecule has 11 heteroatoms. The lowest BCUT2D eigenvalue weighted by molar-refractivity contribution is -0.386. The number of pyridine rings is 1. The van der Waals surface area contributed by atoms with E-state index >= 15 is 0 Å². The van der Waals surface area contributed by atoms with Crippen LogP contribution in [0.5, 0.6) is 11.5 Å². The summed E-state index contributed by atoms with van der Waals surface area (Å²) in [6.07, 6.45) is -2.68. The number of ether oxygens (including phenoxy) is 1. The van der Waals surface area contributed by atoms with Crippen molar-refractivity contribution in [1.29, 1.82) is 0 Å². The Labute approximate surface area is 138 Å². The lowest BCUT2D eigenvalue weighted by Gasteiger charge is -2.06. The number of halogens is 3. The van der Waals surface area contributed by atoms with E-state index in [1.165, 1.54) is 13.2 Å². The van der Waals surface area contributed by atoms with Gasteiger partial charge < -0.3 is 9.84 Å². The maximum atomic E-state index is 12.4. The van der Waals surface area contributed by atoms with Gasteiger partial charge >= 0.3 is 11.9 Å². The summed E-state index contributed by atoms with van der Waals surface area (Å²) in [7, 11) is 1.23. The number of alkyl halides is 3. The number of nitrogens with zero attached hydrogens (tertiary/aromatic N) is 3. The molecule has 0 aliphatic rings. The normalized spacial score (nSPS) is 11.5. The average Bonchev–Trinajstić information content (AvgIpc) is 2.55. The topological polar surface area (TPSA) is 110 Å². The summed E-state index contributed by atoms with van der Waals surface area (Å²) >= 11 is 0. The van der Waals surface area contributed by atoms with Crippen molar-refractivity contribution >= 4 is 17.7 Å². The molecule has 0 atom stereocenters. The third-order valence-corrected chi connectivity index (χ3v) is 2.98. The first-order valence-corrected chi connectivity index (χ1v) is 6.60. The summed E-state index contributed by atoms with van der Waals surface area (Å²) in [5, 5.41) is 24.3. The largest absolute Gasteiger partial charge is 0.500 e. The second kappa shape index (κ2) is 7.03. The number of rotatable bonds is 5. The van der Waals surface area contributed by atoms with Crippen molar-refractivity contribution < 1.29 is 27.9 Å². The molecule has 8 nitrogen and oxygen atoms in total. The van der Waals surface area contributed by atoms with E-state index < -0.39 is 28.1 Å². The summed E-state index contributed by atoms with van der Waals surface area (Å²) in [5.41, 5.74) is 1.14. The third-order valence-electron chi connectivity index (χ3n) is 2.98. The molecule has 2 rings (SSSR count). The highest BCUT2D eigenvalue weighted by atomic mass is 19.4. The smallest absolute Gasteiger partial charge is 0.417 e. The molecule has 0 saturated carbocycles. The quantitative estimate of drug-likeness (QED) is 0.484. The van der Waals surface area contributed by atoms with Crippen molar-refractivity contribution in [3.63, 3.8) is 0 Å². The second-order valence-electron chi connectivity index (χ2n) is 4.65. The molecular formula is C14H11F3N4O4. The van der Waals surface area contributed by atoms with Crippen LogP contribution in [0.3, 0.4) is 0 Å². The molecule has 0 unspecified atom stereocenters. The van der Waals surface area contributed by atoms with Crippen LogP contribution in [0.2, 0.25) is 0 Å². The number of methoxy groups -OCH3 is 1. The summed E-state index contributed by atoms with van der Waals surface area (Å²) in [4.78, 5) is 13.6. The standard InChI is InChI=1S/C14H11F3N4O4/c1-25-11-5-8(4-10(13(11)22)21(23)24)6-19-20-12-3-2-9(7-18-12)14(15,16)17/h2-7,22H,1H3,(H,18,20)/b19-6+. The summed E-state index contributed by atoms with van der Waals surface area (Å²) in [6.45, 7) is 0. The molecular weight excluding hydrogens is 345 g/mol. The fourth-order valence-electron chi connectivity index (χ4n) is 1.78. The molecule has 2 aromatic rings. The first kappa shape index (κ1) is 18.0. The van der Waals surface area contributed by atoms with Crippen molar-refractivity contribution in [3.8, 4) is 11.5 Å². The van der Waals surface area contributed by atoms with Crippen LogP contribution in [0, 0.1) is 10.1 Å². The van der Waals surface area contributed by atoms with Gasteiger partial charge in [-0.15, -0.1) is 0 Å². The van der Waals surface area contributed by atoms with Crippen molar-refractivity contribution in [2.45, 2.75) is 6.18 Å². The van der Waals surface area contributed by atoms with Gasteiger partial charge in [0, 0.05) is 17.8 Å². The first-order chi connectivity index (χ1) is 11.7. The van der Waals surface area contributed by atoms with Crippen LogP contribution in [0.1, 0.15) is 11.1 Å². The van der Waals surface area contributed by atoms with E-state index in [4.69, 9.17) is 4.74 Å². The number of phenols is 1. The highest BCUT2D eigenvalue weighted by Gasteiger charge is 2.30. The van der Waals surface area contributed by atoms with Crippen molar-refractivity contribution in [2.24, 2.45) is 5.10 Å². The number of anilines is 1. The molecule has 0 spiro atoms. The second-order valence-corrected chi connectivity index (χ2v) is 4.65. The van der Waals surface area contributed by atoms with Crippen LogP contribution < -0.4 is 10.2 Å². The van der Waals surface area contributed by atoms with Crippen molar-refractivity contribution in [1.82, 2.24) is 4.98 Å². The minimum absolute atomic E-state index is 0.0458. The van der Waals surface area contributed by atoms with E-state index in [1.807, 2.05) is 0 Å². The van der Waals surface area contributed by atoms with Crippen LogP contribution in [0.15, 0.2) is 35.6 Å². The average molecular weight is 356 g/mol. The molecule has 0 amide bonds. The van der Waals surface area contributed by atoms with E-state index in [0.29, 0.717) is 6.20 Å². The van der Waals surface area contributed by atoms with Crippen LogP contribution in [0.25, 0.3) is 0 Å². The molecule has 0 bridgehead atoms. The number of nitro groups is 1. The molecule has 132 valence electrons. The number of nitrogens with one attached hydrogen (secondary N) is 1. The highest BCUT2D eigenvalue weighted by Crippen LogP contribution is 2.36. The van der Waals surface area contributed by atoms with Crippen molar-refractivity contribution in [2.75, 3.05) is 12.5 Å². The van der Waals surface area contributed by atoms with Gasteiger partial charge in [0.05, 0.1) is 23.8 Å². The Kier molecular flexibility index (Phi) is 5.05. The Hall–Kier alpha value is -3.37. The van der Waals surface area contributed by atoms with Crippen LogP contribution in [-0.2, 0) is 6.18 Å². The molecule has 0 saturated heterocycles. The number of hydrogen-bond donors (Lipinski definition) is 2. The summed E-state index contributed by atoms with van der Waals surface area (Å²) in [6, 6.07) is 4.27. The van der Waals surface area contributed by atoms with Gasteiger partial charge in [-0.1, -0.05) is 0 Å². The number of phenolic OH excluding ortho intramolecular Hbond substituents is 1. The number of hydrogen-bond acceptors (Lipinski definition) is 7. The van der Waals surface area contributed by atoms with Crippen LogP contribution >= 0.6 is 0 Å². The van der Waals surface area contributed by atoms with E-state index in [2.05, 4.69) is 15.5 Å². The molecule has 25 heavy (non-hydrogen) atoms. The third kappa shape index (κ3) is 4.34. The first-order valence-electron chi connectivity index (χ1n) is 6.60. The van der Waals surface area contributed by atoms with Gasteiger partial charge in [0.25, 0.3) is 0 Å². The molecule has 0 aliphatic heterocycles. The number of hydrazone groups is 1. The highest BCUT2D eigenvalue weighted by molar-refractivity contribution is 5.83. The number of nitro benzene ring substituents is 1. The number of benzene rings is 1. The zero-order chi connectivity index (χ0) is 18.6. The monoisotopic (exact) mass is 356 g/mol. The zero-order valence-corrected chi connectivity index (χ0v) is 12.6. The minimum atomic E-state index is -4.49. The molecule has 1 heterocycles. The zero-order valence-electron chi connectivity index (χ0n) is 12.6. The molecule has 1 aromatic carbocycles. The lowest BCUT2D eigenvalue weighted by atomic mass is 10.2. The van der Waals surface area contributed by atoms with Gasteiger partial charge in [0.1, 0.15) is 5.82 Å². The van der Waals surface area contributed by atoms with Gasteiger partial charge in [0.2, 0.25) is 5.75 Å². The molecule has 0 radical (unpaired) electrons. The van der Waals surface area contributed by atoms with E-state index in [-0.39, 0.29) is 17.1 Å². The van der Waals surface area contributed by atoms with Gasteiger partial charge in [-0.3, -0.25) is 15.5 Å². The minimum Gasteiger partial charge on any atom is -0.500 e. The lowest BCUT2D eigenvalue weighted by Crippen LogP contribution is -2.05. The van der Waals surface area contributed by atoms with E-state index in [9.17, 15) is 28.4 Å². The maximum Gasteiger partial charge on any atom is 0.417 e. The van der Waals surface area contributed by atoms with Gasteiger partial charge in [-0.25, -0.2) is 4.98 Å². The predicted octanol–water partition coefficient (Wildman–Crippen LogP) is 3.17. The molecule has 0 aliphatic carbocycles. The fourth-order valence-corrected chi connectivity index (χ4v) is 1.78. The van der Waals surface area contributed by atoms with Gasteiger partial charge in [-0.05, 0) is 18.2 Å². The Morgan fingerprint density at radius 1 is 1.40 bits per heavy atom. The number of aromatic nitrogens is 1. The Balaban J connectivity index is 2.17.